The number of anilines is 1. The number of amides is 1. The number of carbonyl (C=O) groups excluding carboxylic acids is 3. The van der Waals surface area contributed by atoms with Gasteiger partial charge in [0, 0.05) is 116 Å². The quantitative estimate of drug-likeness (QED) is 0.0303. The number of H-pyrrole nitrogens is 2. The number of ether oxygens (including phenoxy) is 7. The number of alkyl halides is 12. The van der Waals surface area contributed by atoms with Crippen LogP contribution in [0.15, 0.2) is 139 Å². The fraction of sp³-hybridized carbons (Fsp3) is 0.279. The Kier molecular flexibility index (Phi) is 22.4. The van der Waals surface area contributed by atoms with Gasteiger partial charge in [0.15, 0.2) is 16.4 Å². The van der Waals surface area contributed by atoms with Crippen molar-refractivity contribution in [1.82, 2.24) is 39.2 Å². The largest absolute Gasteiger partial charge is 0.573 e. The highest BCUT2D eigenvalue weighted by Crippen LogP contribution is 2.45. The molecule has 4 N–H and O–H groups in total. The van der Waals surface area contributed by atoms with E-state index in [-0.39, 0.29) is 58.2 Å². The number of nitrogens with zero attached hydrogens (tertiary/aromatic N) is 6. The number of halogens is 15. The van der Waals surface area contributed by atoms with Crippen LogP contribution in [0.5, 0.6) is 23.0 Å². The Labute approximate surface area is 563 Å². The van der Waals surface area contributed by atoms with Crippen molar-refractivity contribution in [3.8, 4) is 45.4 Å². The molecule has 97 heavy (non-hydrogen) atoms. The van der Waals surface area contributed by atoms with Crippen LogP contribution in [0, 0.1) is 0 Å². The molecule has 0 unspecified atom stereocenters. The van der Waals surface area contributed by atoms with Gasteiger partial charge in [0.25, 0.3) is 5.79 Å². The van der Waals surface area contributed by atoms with Gasteiger partial charge in [-0.3, -0.25) is 24.0 Å². The minimum absolute atomic E-state index is 0.0193. The number of aryl methyl sites for hydroxylation is 1. The smallest absolute Gasteiger partial charge is 0.503 e. The molecular weight excluding hydrogens is 1520 g/mol. The van der Waals surface area contributed by atoms with Crippen LogP contribution < -0.4 is 35.5 Å². The molecule has 5 aromatic heterocycles. The molecule has 7 heterocycles. The summed E-state index contributed by atoms with van der Waals surface area (Å²) in [6.45, 7) is 6.47. The predicted octanol–water partition coefficient (Wildman–Crippen LogP) is 14.7. The second-order valence-electron chi connectivity index (χ2n) is 21.1. The van der Waals surface area contributed by atoms with Gasteiger partial charge < -0.3 is 58.3 Å². The van der Waals surface area contributed by atoms with E-state index in [0.29, 0.717) is 76.4 Å². The number of nitrogens with one attached hydrogen (secondary N) is 2. The van der Waals surface area contributed by atoms with Crippen LogP contribution in [0.25, 0.3) is 55.1 Å². The second kappa shape index (κ2) is 29.6. The molecule has 36 heteroatoms. The Bertz CT molecular complexity index is 4540. The number of methoxy groups -OCH3 is 1. The zero-order valence-electron chi connectivity index (χ0n) is 50.5. The van der Waals surface area contributed by atoms with Crippen LogP contribution in [0.2, 0.25) is 0 Å². The summed E-state index contributed by atoms with van der Waals surface area (Å²) in [5, 5.41) is 4.84. The molecule has 1 saturated heterocycles. The zero-order chi connectivity index (χ0) is 71.3. The number of benzene rings is 4. The second-order valence-corrected chi connectivity index (χ2v) is 23.6. The molecule has 21 nitrogen and oxygen atoms in total. The van der Waals surface area contributed by atoms with Crippen molar-refractivity contribution >= 4 is 104 Å². The third-order valence-electron chi connectivity index (χ3n) is 13.6. The van der Waals surface area contributed by atoms with Crippen molar-refractivity contribution in [2.45, 2.75) is 90.3 Å². The molecule has 0 bridgehead atoms. The topological polar surface area (TPSA) is 259 Å². The van der Waals surface area contributed by atoms with E-state index < -0.39 is 60.1 Å². The SMILES string of the molecule is CCC(=O)N1CCn2c(C3CC3)nc(-c3ccnc4cc(-c5cnn(C)c5)c(OC(F)(F)F)cc34)c2C1.COC=C1C(=O)OC(C)(C)OC1=O.Nc1ccc(OC(F)(F)F)c(Br)c1.O=c1cc[nH]c2cc(Br)c(OC(F)(F)F)cc12.O=c1cc[nH]c2ccc(OC(F)(F)F)c(Br)c12. The zero-order valence-corrected chi connectivity index (χ0v) is 55.3. The van der Waals surface area contributed by atoms with E-state index >= 15 is 0 Å². The first-order valence-electron chi connectivity index (χ1n) is 28.0. The summed E-state index contributed by atoms with van der Waals surface area (Å²) in [5.41, 5.74) is 9.02. The molecule has 1 aliphatic carbocycles. The first-order valence-corrected chi connectivity index (χ1v) is 30.4. The maximum absolute atomic E-state index is 13.4. The number of rotatable bonds is 9. The monoisotopic (exact) mass is 1570 g/mol. The Balaban J connectivity index is 0.000000169. The van der Waals surface area contributed by atoms with Crippen molar-refractivity contribution in [3.05, 3.63) is 161 Å². The number of nitrogens with two attached hydrogens (primary N) is 1. The Morgan fingerprint density at radius 2 is 1.29 bits per heavy atom. The number of aromatic nitrogens is 7. The number of esters is 2. The summed E-state index contributed by atoms with van der Waals surface area (Å²) in [4.78, 5) is 74.5. The Morgan fingerprint density at radius 1 is 0.711 bits per heavy atom. The maximum atomic E-state index is 13.4. The lowest BCUT2D eigenvalue weighted by atomic mass is 9.99. The van der Waals surface area contributed by atoms with Crippen LogP contribution in [-0.2, 0) is 48.7 Å². The lowest BCUT2D eigenvalue weighted by molar-refractivity contribution is -0.275. The van der Waals surface area contributed by atoms with Gasteiger partial charge in [0.05, 0.1) is 66.6 Å². The van der Waals surface area contributed by atoms with Crippen LogP contribution in [0.1, 0.15) is 57.5 Å². The number of imidazole rings is 1. The van der Waals surface area contributed by atoms with Gasteiger partial charge in [-0.25, -0.2) is 14.6 Å². The van der Waals surface area contributed by atoms with Crippen molar-refractivity contribution in [1.29, 1.82) is 0 Å². The summed E-state index contributed by atoms with van der Waals surface area (Å²) in [6.07, 6.45) is -8.03. The fourth-order valence-corrected chi connectivity index (χ4v) is 11.0. The number of aromatic amines is 2. The summed E-state index contributed by atoms with van der Waals surface area (Å²) in [6, 6.07) is 15.9. The lowest BCUT2D eigenvalue weighted by Crippen LogP contribution is -2.41. The van der Waals surface area contributed by atoms with Crippen LogP contribution >= 0.6 is 47.8 Å². The number of hydrogen-bond acceptors (Lipinski definition) is 16. The number of carbonyl (C=O) groups is 3. The van der Waals surface area contributed by atoms with Crippen LogP contribution in [0.4, 0.5) is 58.4 Å². The molecule has 2 aliphatic heterocycles. The molecule has 9 aromatic rings. The minimum atomic E-state index is -4.87. The van der Waals surface area contributed by atoms with Crippen LogP contribution in [-0.4, -0.2) is 102 Å². The highest BCUT2D eigenvalue weighted by atomic mass is 79.9. The summed E-state index contributed by atoms with van der Waals surface area (Å²) in [5.74, 6) is -2.77. The normalized spacial score (nSPS) is 14.4. The number of nitrogen functional groups attached to an aromatic ring is 1. The molecule has 3 aliphatic rings. The predicted molar refractivity (Wildman–Crippen MR) is 334 cm³/mol. The van der Waals surface area contributed by atoms with Crippen molar-refractivity contribution in [2.75, 3.05) is 19.4 Å². The molecule has 516 valence electrons. The molecule has 0 spiro atoms. The Morgan fingerprint density at radius 3 is 1.88 bits per heavy atom. The molecule has 1 amide bonds. The van der Waals surface area contributed by atoms with E-state index in [1.807, 2.05) is 11.8 Å². The summed E-state index contributed by atoms with van der Waals surface area (Å²) in [7, 11) is 3.02. The number of cyclic esters (lactones) is 2. The first kappa shape index (κ1) is 73.5. The summed E-state index contributed by atoms with van der Waals surface area (Å²) < 4.78 is 182. The molecule has 0 radical (unpaired) electrons. The van der Waals surface area contributed by atoms with E-state index in [0.717, 1.165) is 48.8 Å². The third kappa shape index (κ3) is 19.5. The molecule has 1 saturated carbocycles. The highest BCUT2D eigenvalue weighted by Gasteiger charge is 2.40. The minimum Gasteiger partial charge on any atom is -0.503 e. The van der Waals surface area contributed by atoms with E-state index in [4.69, 9.17) is 20.2 Å². The van der Waals surface area contributed by atoms with Crippen molar-refractivity contribution < 1.29 is 100 Å². The van der Waals surface area contributed by atoms with Crippen molar-refractivity contribution in [3.63, 3.8) is 0 Å². The molecule has 0 atom stereocenters. The third-order valence-corrected chi connectivity index (χ3v) is 15.6. The van der Waals surface area contributed by atoms with Gasteiger partial charge >= 0.3 is 37.4 Å². The molecule has 2 fully saturated rings. The molecular formula is C61H50Br3F12N9O12. The number of pyridine rings is 3. The van der Waals surface area contributed by atoms with Crippen LogP contribution in [0.3, 0.4) is 0 Å². The lowest BCUT2D eigenvalue weighted by Gasteiger charge is -2.29. The van der Waals surface area contributed by atoms with Gasteiger partial charge in [0.1, 0.15) is 35.1 Å². The summed E-state index contributed by atoms with van der Waals surface area (Å²) >= 11 is 8.78. The van der Waals surface area contributed by atoms with Gasteiger partial charge in [-0.05, 0) is 121 Å². The highest BCUT2D eigenvalue weighted by molar-refractivity contribution is 9.11. The average molecular weight is 1570 g/mol. The van der Waals surface area contributed by atoms with Crippen molar-refractivity contribution in [2.24, 2.45) is 7.05 Å². The Hall–Kier alpha value is -9.32. The molecule has 4 aromatic carbocycles. The van der Waals surface area contributed by atoms with E-state index in [1.54, 1.807) is 31.6 Å². The first-order chi connectivity index (χ1) is 45.3. The number of hydrogen-bond donors (Lipinski definition) is 3. The fourth-order valence-electron chi connectivity index (χ4n) is 9.46. The van der Waals surface area contributed by atoms with E-state index in [2.05, 4.69) is 96.1 Å². The van der Waals surface area contributed by atoms with Gasteiger partial charge in [-0.15, -0.1) is 52.7 Å². The standard InChI is InChI=1S/C26H25F3N6O2.2C10H5BrF3NO2.C8H10O5.C7H5BrF3NO/c1-3-23(36)34-8-9-35-21(14-34)24(32-25(35)15-4-5-15)17-6-7-30-20-10-18(16-12-31-33(2)13-16)22(11-19(17)20)37-26(27,28)29;11-6-4-7-5(8(16)1-2-15-7)3-9(6)17-10(12,13)14;11-9-7(17-10(12,13)14)2-1-5-8(9)6(16)3-4-15-5;1-8(2)12-6(9)5(4-11-3)7(10)13-8;8-5-3-4(12)1-2-6(5)13-7(9,10)11/h6-7,10-13,15H,3-5,8-9,14H2,1-2H3;2*1-4H,(H,15,16);4H,1-3H3;1-3H,12H2. The average Bonchev–Trinajstić information content (AvgIpc) is 1.62. The maximum Gasteiger partial charge on any atom is 0.573 e. The van der Waals surface area contributed by atoms with Gasteiger partial charge in [-0.1, -0.05) is 6.92 Å². The van der Waals surface area contributed by atoms with Gasteiger partial charge in [-0.2, -0.15) is 5.10 Å². The van der Waals surface area contributed by atoms with E-state index in [1.165, 1.54) is 86.7 Å². The number of fused-ring (bicyclic) bond motifs is 4. The van der Waals surface area contributed by atoms with Gasteiger partial charge in [0.2, 0.25) is 5.91 Å². The van der Waals surface area contributed by atoms with E-state index in [9.17, 15) is 76.7 Å². The molecule has 12 rings (SSSR count).